The lowest BCUT2D eigenvalue weighted by atomic mass is 10.2. The van der Waals surface area contributed by atoms with Crippen LogP contribution in [0.15, 0.2) is 12.3 Å². The number of carbonyl (C=O) groups excluding carboxylic acids is 1. The van der Waals surface area contributed by atoms with E-state index in [0.717, 1.165) is 0 Å². The second-order valence-corrected chi connectivity index (χ2v) is 3.71. The van der Waals surface area contributed by atoms with Crippen molar-refractivity contribution in [1.29, 1.82) is 0 Å². The van der Waals surface area contributed by atoms with Gasteiger partial charge < -0.3 is 20.7 Å². The number of hydrogen-bond donors (Lipinski definition) is 3. The molecule has 4 N–H and O–H groups in total. The van der Waals surface area contributed by atoms with Crippen LogP contribution in [0.4, 0.5) is 5.69 Å². The van der Waals surface area contributed by atoms with Gasteiger partial charge in [0.2, 0.25) is 0 Å². The summed E-state index contributed by atoms with van der Waals surface area (Å²) in [5, 5.41) is 11.8. The van der Waals surface area contributed by atoms with Gasteiger partial charge in [-0.3, -0.25) is 4.79 Å². The molecule has 0 aliphatic carbocycles. The highest BCUT2D eigenvalue weighted by Crippen LogP contribution is 2.10. The van der Waals surface area contributed by atoms with Crippen LogP contribution in [0.3, 0.4) is 0 Å². The van der Waals surface area contributed by atoms with Gasteiger partial charge in [0.05, 0.1) is 18.3 Å². The molecular weight excluding hydrogens is 206 g/mol. The van der Waals surface area contributed by atoms with Gasteiger partial charge in [-0.15, -0.1) is 0 Å². The van der Waals surface area contributed by atoms with Crippen molar-refractivity contribution >= 4 is 11.6 Å². The lowest BCUT2D eigenvalue weighted by molar-refractivity contribution is 0.0905. The molecule has 1 aromatic rings. The number of nitrogen functional groups attached to an aromatic ring is 1. The Balaban J connectivity index is 2.79. The Bertz CT molecular complexity index is 356. The Labute approximate surface area is 95.3 Å². The number of aromatic nitrogens is 1. The Morgan fingerprint density at radius 1 is 1.62 bits per heavy atom. The Kier molecular flexibility index (Phi) is 4.37. The van der Waals surface area contributed by atoms with E-state index in [2.05, 4.69) is 5.32 Å². The molecule has 1 heterocycles. The van der Waals surface area contributed by atoms with Gasteiger partial charge in [-0.05, 0) is 19.4 Å². The summed E-state index contributed by atoms with van der Waals surface area (Å²) >= 11 is 0. The summed E-state index contributed by atoms with van der Waals surface area (Å²) in [4.78, 5) is 11.9. The van der Waals surface area contributed by atoms with Crippen molar-refractivity contribution in [3.8, 4) is 0 Å². The summed E-state index contributed by atoms with van der Waals surface area (Å²) in [6.07, 6.45) is 2.43. The lowest BCUT2D eigenvalue weighted by Gasteiger charge is -2.14. The van der Waals surface area contributed by atoms with Crippen LogP contribution in [0.5, 0.6) is 0 Å². The summed E-state index contributed by atoms with van der Waals surface area (Å²) in [5.41, 5.74) is 6.75. The molecule has 5 heteroatoms. The molecule has 90 valence electrons. The molecule has 0 radical (unpaired) electrons. The number of aliphatic hydroxyl groups excluding tert-OH is 1. The standard InChI is InChI=1S/C11H19N3O2/c1-3-9(7-15)13-11(16)10-5-8(12)6-14(10)4-2/h5-6,9,15H,3-4,7,12H2,1-2H3,(H,13,16)/t9-/m1/s1. The van der Waals surface area contributed by atoms with Crippen LogP contribution < -0.4 is 11.1 Å². The fourth-order valence-electron chi connectivity index (χ4n) is 1.52. The van der Waals surface area contributed by atoms with E-state index in [1.54, 1.807) is 16.8 Å². The number of hydrogen-bond acceptors (Lipinski definition) is 3. The van der Waals surface area contributed by atoms with E-state index in [1.165, 1.54) is 0 Å². The summed E-state index contributed by atoms with van der Waals surface area (Å²) in [7, 11) is 0. The van der Waals surface area contributed by atoms with Crippen molar-refractivity contribution in [3.05, 3.63) is 18.0 Å². The number of anilines is 1. The molecule has 1 atom stereocenters. The quantitative estimate of drug-likeness (QED) is 0.686. The molecule has 0 fully saturated rings. The Morgan fingerprint density at radius 2 is 2.31 bits per heavy atom. The summed E-state index contributed by atoms with van der Waals surface area (Å²) in [6, 6.07) is 1.44. The third kappa shape index (κ3) is 2.76. The molecule has 0 unspecified atom stereocenters. The monoisotopic (exact) mass is 225 g/mol. The first-order valence-electron chi connectivity index (χ1n) is 5.49. The SMILES string of the molecule is CC[C@H](CO)NC(=O)c1cc(N)cn1CC. The second-order valence-electron chi connectivity index (χ2n) is 3.71. The molecular formula is C11H19N3O2. The molecule has 0 bridgehead atoms. The lowest BCUT2D eigenvalue weighted by Crippen LogP contribution is -2.37. The molecule has 0 saturated carbocycles. The van der Waals surface area contributed by atoms with Crippen molar-refractivity contribution < 1.29 is 9.90 Å². The largest absolute Gasteiger partial charge is 0.397 e. The highest BCUT2D eigenvalue weighted by atomic mass is 16.3. The third-order valence-electron chi connectivity index (χ3n) is 2.54. The van der Waals surface area contributed by atoms with Gasteiger partial charge in [-0.2, -0.15) is 0 Å². The van der Waals surface area contributed by atoms with E-state index < -0.39 is 0 Å². The molecule has 1 aromatic heterocycles. The van der Waals surface area contributed by atoms with Gasteiger partial charge in [0, 0.05) is 12.7 Å². The molecule has 16 heavy (non-hydrogen) atoms. The van der Waals surface area contributed by atoms with Crippen LogP contribution in [-0.4, -0.2) is 28.2 Å². The van der Waals surface area contributed by atoms with Gasteiger partial charge in [-0.25, -0.2) is 0 Å². The predicted molar refractivity (Wildman–Crippen MR) is 63.1 cm³/mol. The van der Waals surface area contributed by atoms with Crippen LogP contribution in [0, 0.1) is 0 Å². The molecule has 0 aliphatic heterocycles. The topological polar surface area (TPSA) is 80.3 Å². The maximum atomic E-state index is 11.9. The van der Waals surface area contributed by atoms with Crippen molar-refractivity contribution in [2.75, 3.05) is 12.3 Å². The van der Waals surface area contributed by atoms with Crippen molar-refractivity contribution in [2.24, 2.45) is 0 Å². The predicted octanol–water partition coefficient (Wildman–Crippen LogP) is 0.591. The minimum Gasteiger partial charge on any atom is -0.397 e. The van der Waals surface area contributed by atoms with Crippen molar-refractivity contribution in [1.82, 2.24) is 9.88 Å². The molecule has 0 spiro atoms. The number of nitrogens with one attached hydrogen (secondary N) is 1. The van der Waals surface area contributed by atoms with E-state index in [9.17, 15) is 4.79 Å². The van der Waals surface area contributed by atoms with Crippen molar-refractivity contribution in [2.45, 2.75) is 32.9 Å². The Hall–Kier alpha value is -1.49. The highest BCUT2D eigenvalue weighted by Gasteiger charge is 2.15. The summed E-state index contributed by atoms with van der Waals surface area (Å²) < 4.78 is 1.79. The fraction of sp³-hybridized carbons (Fsp3) is 0.545. The van der Waals surface area contributed by atoms with Crippen molar-refractivity contribution in [3.63, 3.8) is 0 Å². The van der Waals surface area contributed by atoms with Gasteiger partial charge in [0.1, 0.15) is 5.69 Å². The number of carbonyl (C=O) groups is 1. The number of aryl methyl sites for hydroxylation is 1. The zero-order valence-electron chi connectivity index (χ0n) is 9.73. The number of nitrogens with two attached hydrogens (primary N) is 1. The number of amides is 1. The van der Waals surface area contributed by atoms with Crippen LogP contribution >= 0.6 is 0 Å². The number of nitrogens with zero attached hydrogens (tertiary/aromatic N) is 1. The van der Waals surface area contributed by atoms with E-state index in [1.807, 2.05) is 13.8 Å². The minimum atomic E-state index is -0.200. The van der Waals surface area contributed by atoms with Crippen LogP contribution in [0.2, 0.25) is 0 Å². The van der Waals surface area contributed by atoms with E-state index in [4.69, 9.17) is 10.8 Å². The van der Waals surface area contributed by atoms with Crippen LogP contribution in [-0.2, 0) is 6.54 Å². The third-order valence-corrected chi connectivity index (χ3v) is 2.54. The molecule has 0 saturated heterocycles. The molecule has 0 aliphatic rings. The first-order chi connectivity index (χ1) is 7.62. The zero-order chi connectivity index (χ0) is 12.1. The average molecular weight is 225 g/mol. The highest BCUT2D eigenvalue weighted by molar-refractivity contribution is 5.94. The number of aliphatic hydroxyl groups is 1. The Morgan fingerprint density at radius 3 is 2.81 bits per heavy atom. The second kappa shape index (κ2) is 5.55. The van der Waals surface area contributed by atoms with Gasteiger partial charge >= 0.3 is 0 Å². The van der Waals surface area contributed by atoms with E-state index in [-0.39, 0.29) is 18.6 Å². The zero-order valence-corrected chi connectivity index (χ0v) is 9.73. The van der Waals surface area contributed by atoms with Crippen LogP contribution in [0.25, 0.3) is 0 Å². The maximum Gasteiger partial charge on any atom is 0.268 e. The van der Waals surface area contributed by atoms with Gasteiger partial charge in [0.15, 0.2) is 0 Å². The maximum absolute atomic E-state index is 11.9. The minimum absolute atomic E-state index is 0.0510. The molecule has 0 aromatic carbocycles. The van der Waals surface area contributed by atoms with E-state index in [0.29, 0.717) is 24.3 Å². The summed E-state index contributed by atoms with van der Waals surface area (Å²) in [6.45, 7) is 4.49. The first kappa shape index (κ1) is 12.6. The van der Waals surface area contributed by atoms with Gasteiger partial charge in [0.25, 0.3) is 5.91 Å². The average Bonchev–Trinajstić information content (AvgIpc) is 2.67. The van der Waals surface area contributed by atoms with E-state index >= 15 is 0 Å². The fourth-order valence-corrected chi connectivity index (χ4v) is 1.52. The smallest absolute Gasteiger partial charge is 0.268 e. The molecule has 5 nitrogen and oxygen atoms in total. The normalized spacial score (nSPS) is 12.4. The first-order valence-corrected chi connectivity index (χ1v) is 5.49. The molecule has 1 rings (SSSR count). The molecule has 1 amide bonds. The van der Waals surface area contributed by atoms with Gasteiger partial charge in [-0.1, -0.05) is 6.92 Å². The summed E-state index contributed by atoms with van der Waals surface area (Å²) in [5.74, 6) is -0.195. The number of rotatable bonds is 5. The van der Waals surface area contributed by atoms with Crippen LogP contribution in [0.1, 0.15) is 30.8 Å².